The maximum Gasteiger partial charge on any atom is 0.407 e. The Morgan fingerprint density at radius 1 is 0.917 bits per heavy atom. The normalized spacial score (nSPS) is 26.8. The number of amides is 3. The first-order chi connectivity index (χ1) is 39.8. The van der Waals surface area contributed by atoms with Crippen LogP contribution >= 0.6 is 13.4 Å². The molecule has 8 heterocycles. The molecule has 33 heteroatoms. The van der Waals surface area contributed by atoms with Gasteiger partial charge in [-0.15, -0.1) is 0 Å². The fourth-order valence-corrected chi connectivity index (χ4v) is 15.1. The predicted molar refractivity (Wildman–Crippen MR) is 316 cm³/mol. The number of imidazole rings is 1. The lowest BCUT2D eigenvalue weighted by molar-refractivity contribution is -0.121. The van der Waals surface area contributed by atoms with Gasteiger partial charge >= 0.3 is 19.5 Å². The summed E-state index contributed by atoms with van der Waals surface area (Å²) < 4.78 is 84.6. The molecule has 0 saturated carbocycles. The molecular formula is C51H70FN11O15P2S2Si2. The van der Waals surface area contributed by atoms with E-state index in [1.165, 1.54) is 32.7 Å². The number of nitrogens with zero attached hydrogens (tertiary/aromatic N) is 9. The van der Waals surface area contributed by atoms with Gasteiger partial charge < -0.3 is 57.0 Å². The average molecular weight is 1280 g/mol. The van der Waals surface area contributed by atoms with Crippen molar-refractivity contribution in [1.82, 2.24) is 44.3 Å². The molecule has 1 aromatic carbocycles. The van der Waals surface area contributed by atoms with Crippen LogP contribution in [0.1, 0.15) is 62.0 Å². The monoisotopic (exact) mass is 1280 g/mol. The Bertz CT molecular complexity index is 3420. The van der Waals surface area contributed by atoms with E-state index in [4.69, 9.17) is 69.6 Å². The molecule has 2 bridgehead atoms. The van der Waals surface area contributed by atoms with Crippen molar-refractivity contribution in [3.63, 3.8) is 0 Å². The Morgan fingerprint density at radius 3 is 2.40 bits per heavy atom. The van der Waals surface area contributed by atoms with E-state index in [9.17, 15) is 29.3 Å². The van der Waals surface area contributed by atoms with Crippen molar-refractivity contribution in [2.75, 3.05) is 57.8 Å². The molecule has 3 N–H and O–H groups in total. The Labute approximate surface area is 496 Å². The second kappa shape index (κ2) is 26.2. The Balaban J connectivity index is 0.971. The number of aromatic nitrogens is 7. The molecule has 2 unspecified atom stereocenters. The molecule has 5 aromatic rings. The Kier molecular flexibility index (Phi) is 19.9. The van der Waals surface area contributed by atoms with Crippen LogP contribution in [0.5, 0.6) is 0 Å². The van der Waals surface area contributed by atoms with Gasteiger partial charge in [0.15, 0.2) is 38.1 Å². The molecule has 10 atom stereocenters. The van der Waals surface area contributed by atoms with Crippen LogP contribution in [0, 0.1) is 11.3 Å². The van der Waals surface area contributed by atoms with E-state index in [1.54, 1.807) is 35.4 Å². The first-order valence-electron chi connectivity index (χ1n) is 27.4. The lowest BCUT2D eigenvalue weighted by Crippen LogP contribution is -2.50. The SMILES string of the molecule is CC(C)(C)[Si](C)(C)O[C@H]1[C@H]2OP(=S)(OCCC#N)OC[C@H]3O[C@@H](n4cc5c6c(ncnc64)N(C(=O)c4ccccc4)CCC5)[C@H](F)[C@@H]3OP(O)(=S)OC[C@H]1O[C@H]2n1cnc2c(=O)n(CCOCNC(=O)CNC(=O)OCC[Si](C)(C)C)cnc21. The number of carbonyl (C=O) groups is 3. The maximum atomic E-state index is 17.5. The fourth-order valence-electron chi connectivity index (χ4n) is 9.56. The van der Waals surface area contributed by atoms with Gasteiger partial charge in [0.05, 0.1) is 63.8 Å². The third kappa shape index (κ3) is 14.6. The minimum Gasteiger partial charge on any atom is -0.450 e. The maximum absolute atomic E-state index is 17.5. The smallest absolute Gasteiger partial charge is 0.407 e. The standard InChI is InChI=1S/C51H70FN11O15P2S2Si2/c1-51(2,3)84(7,8)78-41-35-26-72-79(68,81)76-40-34(74-48(38(40)52)62-25-33-16-12-18-61(43-37(33)44(62)56-28-55-43)46(65)32-14-10-9-11-15-32)27-73-80(82,71-20-13-17-53)77-42(41)49(75-35)63-30-57-39-45(63)58-29-60(47(39)66)19-21-69-31-59-36(64)24-54-50(67)70-22-23-83(4,5)6/h9-11,14-15,25,28-30,34-35,38,40-42,48-49H,12-13,16,18-24,26-27,31H2,1-8H3,(H,54,67)(H,59,64)(H,68,81)/t34-,35-,38-,40-,41-,42-,48-,49-,79?,80?/m1/s1. The highest BCUT2D eigenvalue weighted by Crippen LogP contribution is 2.58. The van der Waals surface area contributed by atoms with Gasteiger partial charge in [-0.05, 0) is 78.3 Å². The number of hydrogen-bond donors (Lipinski definition) is 3. The summed E-state index contributed by atoms with van der Waals surface area (Å²) in [6.07, 6.45) is -5.38. The van der Waals surface area contributed by atoms with E-state index in [0.29, 0.717) is 36.2 Å². The van der Waals surface area contributed by atoms with Crippen molar-refractivity contribution in [2.45, 2.75) is 140 Å². The highest BCUT2D eigenvalue weighted by Gasteiger charge is 2.56. The van der Waals surface area contributed by atoms with Crippen molar-refractivity contribution in [3.8, 4) is 6.07 Å². The highest BCUT2D eigenvalue weighted by molar-refractivity contribution is 8.07. The van der Waals surface area contributed by atoms with Gasteiger partial charge in [0.2, 0.25) is 5.91 Å². The van der Waals surface area contributed by atoms with Crippen molar-refractivity contribution in [1.29, 1.82) is 5.26 Å². The van der Waals surface area contributed by atoms with Crippen LogP contribution in [0.25, 0.3) is 22.2 Å². The molecule has 26 nitrogen and oxygen atoms in total. The zero-order valence-electron chi connectivity index (χ0n) is 47.8. The van der Waals surface area contributed by atoms with Gasteiger partial charge in [-0.25, -0.2) is 29.1 Å². The summed E-state index contributed by atoms with van der Waals surface area (Å²) in [7, 11) is -4.22. The number of nitrogens with one attached hydrogen (secondary N) is 2. The summed E-state index contributed by atoms with van der Waals surface area (Å²) in [4.78, 5) is 84.0. The number of hydrogen-bond acceptors (Lipinski definition) is 21. The van der Waals surface area contributed by atoms with Gasteiger partial charge in [-0.3, -0.25) is 37.5 Å². The number of rotatable bonds is 18. The zero-order valence-corrected chi connectivity index (χ0v) is 53.2. The van der Waals surface area contributed by atoms with Gasteiger partial charge in [0, 0.05) is 26.4 Å². The van der Waals surface area contributed by atoms with E-state index in [1.807, 2.05) is 46.0 Å². The van der Waals surface area contributed by atoms with Gasteiger partial charge in [0.1, 0.15) is 67.9 Å². The Hall–Kier alpha value is -4.85. The minimum atomic E-state index is -4.44. The first-order valence-corrected chi connectivity index (χ1v) is 39.1. The highest BCUT2D eigenvalue weighted by atomic mass is 32.5. The second-order valence-corrected chi connectivity index (χ2v) is 39.3. The molecule has 3 amide bonds. The number of alkyl halides is 1. The summed E-state index contributed by atoms with van der Waals surface area (Å²) in [5.41, 5.74) is 0.955. The summed E-state index contributed by atoms with van der Waals surface area (Å²) in [6.45, 7) is 6.83. The molecule has 4 aliphatic heterocycles. The van der Waals surface area contributed by atoms with E-state index in [2.05, 4.69) is 50.2 Å². The number of alkyl carbamates (subject to hydrolysis) is 1. The molecule has 9 rings (SSSR count). The van der Waals surface area contributed by atoms with Gasteiger partial charge in [-0.2, -0.15) is 5.26 Å². The molecule has 4 aliphatic rings. The molecular weight excluding hydrogens is 1210 g/mol. The molecule has 0 aliphatic carbocycles. The largest absolute Gasteiger partial charge is 0.450 e. The van der Waals surface area contributed by atoms with Crippen LogP contribution in [-0.4, -0.2) is 162 Å². The summed E-state index contributed by atoms with van der Waals surface area (Å²) >= 11 is 11.8. The van der Waals surface area contributed by atoms with Crippen LogP contribution in [0.2, 0.25) is 43.8 Å². The van der Waals surface area contributed by atoms with Crippen LogP contribution in [0.3, 0.4) is 0 Å². The van der Waals surface area contributed by atoms with Crippen molar-refractivity contribution >= 4 is 99.4 Å². The number of anilines is 1. The third-order valence-electron chi connectivity index (χ3n) is 15.0. The van der Waals surface area contributed by atoms with E-state index in [0.717, 1.165) is 11.6 Å². The van der Waals surface area contributed by atoms with Crippen molar-refractivity contribution < 1.29 is 69.7 Å². The topological polar surface area (TPSA) is 298 Å². The summed E-state index contributed by atoms with van der Waals surface area (Å²) in [6, 6.07) is 11.6. The van der Waals surface area contributed by atoms with E-state index >= 15 is 4.39 Å². The van der Waals surface area contributed by atoms with Crippen LogP contribution in [-0.2, 0) is 87.4 Å². The third-order valence-corrected chi connectivity index (χ3v) is 25.1. The number of aryl methyl sites for hydroxylation is 1. The van der Waals surface area contributed by atoms with E-state index < -0.39 is 110 Å². The minimum absolute atomic E-state index is 0.0130. The molecule has 0 radical (unpaired) electrons. The number of fused-ring (bicyclic) bond motifs is 4. The lowest BCUT2D eigenvalue weighted by Gasteiger charge is -2.41. The fraction of sp³-hybridized carbons (Fsp3) is 0.588. The lowest BCUT2D eigenvalue weighted by atomic mass is 10.1. The van der Waals surface area contributed by atoms with Gasteiger partial charge in [0.25, 0.3) is 11.5 Å². The number of carbonyl (C=O) groups excluding carboxylic acids is 3. The van der Waals surface area contributed by atoms with Gasteiger partial charge in [-0.1, -0.05) is 58.6 Å². The molecule has 3 saturated heterocycles. The molecule has 3 fully saturated rings. The quantitative estimate of drug-likeness (QED) is 0.0365. The van der Waals surface area contributed by atoms with Crippen LogP contribution in [0.4, 0.5) is 15.0 Å². The average Bonchev–Trinajstić information content (AvgIpc) is 2.59. The summed E-state index contributed by atoms with van der Waals surface area (Å²) in [5.74, 6) is -0.418. The number of nitriles is 1. The summed E-state index contributed by atoms with van der Waals surface area (Å²) in [5, 5.41) is 14.7. The molecule has 4 aromatic heterocycles. The molecule has 456 valence electrons. The zero-order chi connectivity index (χ0) is 60.4. The second-order valence-electron chi connectivity index (χ2n) is 23.2. The van der Waals surface area contributed by atoms with E-state index in [-0.39, 0.29) is 73.8 Å². The number of halogens is 1. The number of ether oxygens (including phenoxy) is 4. The predicted octanol–water partition coefficient (Wildman–Crippen LogP) is 6.50. The van der Waals surface area contributed by atoms with Crippen molar-refractivity contribution in [2.24, 2.45) is 0 Å². The van der Waals surface area contributed by atoms with Crippen LogP contribution < -0.4 is 21.1 Å². The van der Waals surface area contributed by atoms with Crippen molar-refractivity contribution in [3.05, 3.63) is 77.0 Å². The van der Waals surface area contributed by atoms with Crippen LogP contribution in [0.15, 0.2) is 60.3 Å². The molecule has 84 heavy (non-hydrogen) atoms. The first kappa shape index (κ1) is 63.7. The Morgan fingerprint density at radius 2 is 1.67 bits per heavy atom. The number of benzene rings is 1. The molecule has 0 spiro atoms.